The lowest BCUT2D eigenvalue weighted by atomic mass is 10.1. The van der Waals surface area contributed by atoms with Gasteiger partial charge in [-0.2, -0.15) is 0 Å². The highest BCUT2D eigenvalue weighted by Gasteiger charge is 2.09. The first-order valence-electron chi connectivity index (χ1n) is 7.59. The largest absolute Gasteiger partial charge is 0.370 e. The van der Waals surface area contributed by atoms with E-state index in [2.05, 4.69) is 27.5 Å². The molecule has 1 aromatic carbocycles. The predicted molar refractivity (Wildman–Crippen MR) is 87.8 cm³/mol. The molecule has 2 N–H and O–H groups in total. The van der Waals surface area contributed by atoms with Crippen molar-refractivity contribution in [2.24, 2.45) is 0 Å². The first-order chi connectivity index (χ1) is 10.7. The van der Waals surface area contributed by atoms with E-state index in [1.165, 1.54) is 6.33 Å². The molecule has 0 aliphatic heterocycles. The topological polar surface area (TPSA) is 66.9 Å². The summed E-state index contributed by atoms with van der Waals surface area (Å²) in [4.78, 5) is 20.3. The Balaban J connectivity index is 1.95. The molecule has 0 aliphatic carbocycles. The van der Waals surface area contributed by atoms with Crippen LogP contribution in [0.5, 0.6) is 0 Å². The molecule has 0 radical (unpaired) electrons. The van der Waals surface area contributed by atoms with Crippen molar-refractivity contribution in [3.63, 3.8) is 0 Å². The van der Waals surface area contributed by atoms with Crippen LogP contribution in [0.1, 0.15) is 41.4 Å². The first-order valence-corrected chi connectivity index (χ1v) is 7.59. The van der Waals surface area contributed by atoms with Crippen molar-refractivity contribution in [2.75, 3.05) is 11.9 Å². The van der Waals surface area contributed by atoms with Crippen molar-refractivity contribution in [2.45, 2.75) is 33.2 Å². The van der Waals surface area contributed by atoms with Gasteiger partial charge in [-0.15, -0.1) is 0 Å². The van der Waals surface area contributed by atoms with Gasteiger partial charge in [0.1, 0.15) is 17.8 Å². The third-order valence-electron chi connectivity index (χ3n) is 3.44. The van der Waals surface area contributed by atoms with Crippen LogP contribution in [-0.2, 0) is 6.54 Å². The SMILES string of the molecule is CCCCNc1cc(C(=O)NCc2ccccc2C)ncn1. The van der Waals surface area contributed by atoms with Crippen molar-refractivity contribution < 1.29 is 4.79 Å². The number of hydrogen-bond donors (Lipinski definition) is 2. The van der Waals surface area contributed by atoms with E-state index < -0.39 is 0 Å². The van der Waals surface area contributed by atoms with Crippen LogP contribution >= 0.6 is 0 Å². The van der Waals surface area contributed by atoms with Crippen molar-refractivity contribution in [3.8, 4) is 0 Å². The molecule has 1 amide bonds. The minimum absolute atomic E-state index is 0.191. The van der Waals surface area contributed by atoms with Crippen molar-refractivity contribution in [3.05, 3.63) is 53.5 Å². The van der Waals surface area contributed by atoms with Gasteiger partial charge in [0.2, 0.25) is 0 Å². The number of amides is 1. The van der Waals surface area contributed by atoms with Crippen LogP contribution in [0.15, 0.2) is 36.7 Å². The zero-order chi connectivity index (χ0) is 15.8. The third kappa shape index (κ3) is 4.55. The van der Waals surface area contributed by atoms with Crippen LogP contribution < -0.4 is 10.6 Å². The molecule has 0 saturated heterocycles. The molecule has 2 aromatic rings. The number of unbranched alkanes of at least 4 members (excludes halogenated alkanes) is 1. The van der Waals surface area contributed by atoms with Crippen LogP contribution in [0.25, 0.3) is 0 Å². The number of rotatable bonds is 7. The molecule has 0 atom stereocenters. The second-order valence-corrected chi connectivity index (χ2v) is 5.18. The maximum atomic E-state index is 12.2. The van der Waals surface area contributed by atoms with E-state index in [0.717, 1.165) is 30.5 Å². The van der Waals surface area contributed by atoms with Gasteiger partial charge >= 0.3 is 0 Å². The Kier molecular flexibility index (Phi) is 5.89. The van der Waals surface area contributed by atoms with Crippen LogP contribution in [0, 0.1) is 6.92 Å². The van der Waals surface area contributed by atoms with E-state index >= 15 is 0 Å². The maximum Gasteiger partial charge on any atom is 0.270 e. The number of carbonyl (C=O) groups is 1. The van der Waals surface area contributed by atoms with Crippen LogP contribution in [0.2, 0.25) is 0 Å². The number of hydrogen-bond acceptors (Lipinski definition) is 4. The molecule has 0 saturated carbocycles. The van der Waals surface area contributed by atoms with Gasteiger partial charge < -0.3 is 10.6 Å². The van der Waals surface area contributed by atoms with Crippen molar-refractivity contribution in [1.82, 2.24) is 15.3 Å². The molecule has 2 rings (SSSR count). The van der Waals surface area contributed by atoms with E-state index in [9.17, 15) is 4.79 Å². The van der Waals surface area contributed by atoms with Crippen LogP contribution in [-0.4, -0.2) is 22.4 Å². The Morgan fingerprint density at radius 2 is 2.05 bits per heavy atom. The molecular formula is C17H22N4O. The maximum absolute atomic E-state index is 12.2. The number of benzene rings is 1. The average Bonchev–Trinajstić information content (AvgIpc) is 2.54. The Labute approximate surface area is 131 Å². The molecule has 0 bridgehead atoms. The Bertz CT molecular complexity index is 628. The van der Waals surface area contributed by atoms with Gasteiger partial charge in [0.15, 0.2) is 0 Å². The van der Waals surface area contributed by atoms with Gasteiger partial charge in [-0.25, -0.2) is 9.97 Å². The molecule has 1 aromatic heterocycles. The molecule has 1 heterocycles. The number of anilines is 1. The molecule has 5 nitrogen and oxygen atoms in total. The van der Waals surface area contributed by atoms with Gasteiger partial charge in [0.05, 0.1) is 0 Å². The number of nitrogens with zero attached hydrogens (tertiary/aromatic N) is 2. The lowest BCUT2D eigenvalue weighted by Gasteiger charge is -2.08. The summed E-state index contributed by atoms with van der Waals surface area (Å²) in [5.74, 6) is 0.494. The highest BCUT2D eigenvalue weighted by atomic mass is 16.1. The third-order valence-corrected chi connectivity index (χ3v) is 3.44. The van der Waals surface area contributed by atoms with E-state index in [1.807, 2.05) is 31.2 Å². The first kappa shape index (κ1) is 15.9. The van der Waals surface area contributed by atoms with E-state index in [0.29, 0.717) is 18.1 Å². The van der Waals surface area contributed by atoms with E-state index in [4.69, 9.17) is 0 Å². The van der Waals surface area contributed by atoms with Gasteiger partial charge in [0, 0.05) is 19.2 Å². The lowest BCUT2D eigenvalue weighted by Crippen LogP contribution is -2.24. The minimum Gasteiger partial charge on any atom is -0.370 e. The van der Waals surface area contributed by atoms with Gasteiger partial charge in [0.25, 0.3) is 5.91 Å². The molecule has 5 heteroatoms. The normalized spacial score (nSPS) is 10.3. The molecule has 116 valence electrons. The average molecular weight is 298 g/mol. The van der Waals surface area contributed by atoms with Gasteiger partial charge in [-0.05, 0) is 24.5 Å². The number of carbonyl (C=O) groups excluding carboxylic acids is 1. The van der Waals surface area contributed by atoms with E-state index in [-0.39, 0.29) is 5.91 Å². The summed E-state index contributed by atoms with van der Waals surface area (Å²) in [6.07, 6.45) is 3.59. The molecule has 0 spiro atoms. The molecular weight excluding hydrogens is 276 g/mol. The van der Waals surface area contributed by atoms with Crippen LogP contribution in [0.4, 0.5) is 5.82 Å². The molecule has 22 heavy (non-hydrogen) atoms. The van der Waals surface area contributed by atoms with E-state index in [1.54, 1.807) is 6.07 Å². The fourth-order valence-corrected chi connectivity index (χ4v) is 2.05. The molecule has 0 unspecified atom stereocenters. The summed E-state index contributed by atoms with van der Waals surface area (Å²) in [6, 6.07) is 9.67. The highest BCUT2D eigenvalue weighted by molar-refractivity contribution is 5.92. The lowest BCUT2D eigenvalue weighted by molar-refractivity contribution is 0.0945. The number of nitrogens with one attached hydrogen (secondary N) is 2. The monoisotopic (exact) mass is 298 g/mol. The zero-order valence-corrected chi connectivity index (χ0v) is 13.1. The summed E-state index contributed by atoms with van der Waals surface area (Å²) in [6.45, 7) is 5.50. The minimum atomic E-state index is -0.191. The van der Waals surface area contributed by atoms with Crippen molar-refractivity contribution >= 4 is 11.7 Å². The Hall–Kier alpha value is -2.43. The van der Waals surface area contributed by atoms with Crippen molar-refractivity contribution in [1.29, 1.82) is 0 Å². The Morgan fingerprint density at radius 1 is 1.23 bits per heavy atom. The van der Waals surface area contributed by atoms with Gasteiger partial charge in [-0.3, -0.25) is 4.79 Å². The summed E-state index contributed by atoms with van der Waals surface area (Å²) < 4.78 is 0. The quantitative estimate of drug-likeness (QED) is 0.771. The standard InChI is InChI=1S/C17H22N4O/c1-3-4-9-18-16-10-15(20-12-21-16)17(22)19-11-14-8-6-5-7-13(14)2/h5-8,10,12H,3-4,9,11H2,1-2H3,(H,19,22)(H,18,20,21). The summed E-state index contributed by atoms with van der Waals surface area (Å²) in [5, 5.41) is 6.09. The number of aryl methyl sites for hydroxylation is 1. The zero-order valence-electron chi connectivity index (χ0n) is 13.1. The van der Waals surface area contributed by atoms with Gasteiger partial charge in [-0.1, -0.05) is 37.6 Å². The fraction of sp³-hybridized carbons (Fsp3) is 0.353. The smallest absolute Gasteiger partial charge is 0.270 e. The summed E-state index contributed by atoms with van der Waals surface area (Å²) in [7, 11) is 0. The molecule has 0 aliphatic rings. The highest BCUT2D eigenvalue weighted by Crippen LogP contribution is 2.08. The molecule has 0 fully saturated rings. The number of aromatic nitrogens is 2. The second kappa shape index (κ2) is 8.12. The fourth-order valence-electron chi connectivity index (χ4n) is 2.05. The summed E-state index contributed by atoms with van der Waals surface area (Å²) >= 11 is 0. The second-order valence-electron chi connectivity index (χ2n) is 5.18. The summed E-state index contributed by atoms with van der Waals surface area (Å²) in [5.41, 5.74) is 2.64. The Morgan fingerprint density at radius 3 is 2.82 bits per heavy atom. The van der Waals surface area contributed by atoms with Crippen LogP contribution in [0.3, 0.4) is 0 Å². The predicted octanol–water partition coefficient (Wildman–Crippen LogP) is 2.93.